The number of ether oxygens (including phenoxy) is 1. The van der Waals surface area contributed by atoms with Gasteiger partial charge in [0, 0.05) is 40.3 Å². The third-order valence-electron chi connectivity index (χ3n) is 3.28. The fourth-order valence-electron chi connectivity index (χ4n) is 1.96. The lowest BCUT2D eigenvalue weighted by atomic mass is 10.1. The molecular formula is C16H27FN4O. The van der Waals surface area contributed by atoms with Crippen LogP contribution in [0.15, 0.2) is 29.3 Å². The predicted molar refractivity (Wildman–Crippen MR) is 88.8 cm³/mol. The monoisotopic (exact) mass is 310 g/mol. The van der Waals surface area contributed by atoms with Crippen molar-refractivity contribution in [1.29, 1.82) is 0 Å². The van der Waals surface area contributed by atoms with Crippen molar-refractivity contribution >= 4 is 5.96 Å². The Labute approximate surface area is 132 Å². The van der Waals surface area contributed by atoms with Crippen LogP contribution >= 0.6 is 0 Å². The van der Waals surface area contributed by atoms with E-state index in [0.717, 1.165) is 44.2 Å². The average molecular weight is 310 g/mol. The van der Waals surface area contributed by atoms with Gasteiger partial charge in [-0.1, -0.05) is 12.1 Å². The van der Waals surface area contributed by atoms with Crippen LogP contribution in [0.5, 0.6) is 0 Å². The van der Waals surface area contributed by atoms with Crippen LogP contribution in [0.25, 0.3) is 0 Å². The Morgan fingerprint density at radius 2 is 2.05 bits per heavy atom. The van der Waals surface area contributed by atoms with Gasteiger partial charge >= 0.3 is 0 Å². The summed E-state index contributed by atoms with van der Waals surface area (Å²) in [5, 5.41) is 6.48. The van der Waals surface area contributed by atoms with Gasteiger partial charge < -0.3 is 20.3 Å². The first-order valence-electron chi connectivity index (χ1n) is 7.52. The molecule has 5 nitrogen and oxygen atoms in total. The van der Waals surface area contributed by atoms with Gasteiger partial charge in [0.25, 0.3) is 0 Å². The third-order valence-corrected chi connectivity index (χ3v) is 3.28. The molecule has 0 aliphatic carbocycles. The number of hydrogen-bond acceptors (Lipinski definition) is 3. The Hall–Kier alpha value is -1.66. The highest BCUT2D eigenvalue weighted by atomic mass is 19.1. The van der Waals surface area contributed by atoms with Gasteiger partial charge in [-0.15, -0.1) is 0 Å². The number of aliphatic imine (C=N–C) groups is 1. The molecule has 0 amide bonds. The number of likely N-dealkylation sites (N-methyl/N-ethyl adjacent to an activating group) is 1. The minimum absolute atomic E-state index is 0.195. The van der Waals surface area contributed by atoms with Gasteiger partial charge in [0.15, 0.2) is 5.96 Å². The van der Waals surface area contributed by atoms with Crippen molar-refractivity contribution in [1.82, 2.24) is 15.5 Å². The van der Waals surface area contributed by atoms with Crippen LogP contribution in [0.3, 0.4) is 0 Å². The number of hydrogen-bond donors (Lipinski definition) is 2. The molecule has 0 spiro atoms. The molecule has 0 saturated carbocycles. The van der Waals surface area contributed by atoms with E-state index in [1.54, 1.807) is 26.3 Å². The second kappa shape index (κ2) is 11.0. The molecule has 0 bridgehead atoms. The predicted octanol–water partition coefficient (Wildman–Crippen LogP) is 1.11. The van der Waals surface area contributed by atoms with E-state index in [-0.39, 0.29) is 5.82 Å². The number of nitrogens with zero attached hydrogens (tertiary/aromatic N) is 2. The Morgan fingerprint density at radius 3 is 2.73 bits per heavy atom. The molecule has 0 fully saturated rings. The van der Waals surface area contributed by atoms with Crippen LogP contribution in [0, 0.1) is 5.82 Å². The SMILES string of the molecule is CN=C(NCCc1cccc(F)c1)NCCN(C)CCOC. The van der Waals surface area contributed by atoms with Crippen LogP contribution in [0.1, 0.15) is 5.56 Å². The van der Waals surface area contributed by atoms with E-state index >= 15 is 0 Å². The zero-order valence-corrected chi connectivity index (χ0v) is 13.7. The Morgan fingerprint density at radius 1 is 1.27 bits per heavy atom. The van der Waals surface area contributed by atoms with E-state index in [4.69, 9.17) is 4.74 Å². The highest BCUT2D eigenvalue weighted by molar-refractivity contribution is 5.79. The molecule has 6 heteroatoms. The topological polar surface area (TPSA) is 48.9 Å². The first kappa shape index (κ1) is 18.4. The maximum absolute atomic E-state index is 13.1. The molecule has 22 heavy (non-hydrogen) atoms. The molecule has 0 aliphatic heterocycles. The maximum atomic E-state index is 13.1. The Kier molecular flexibility index (Phi) is 9.18. The molecule has 124 valence electrons. The van der Waals surface area contributed by atoms with Gasteiger partial charge in [-0.2, -0.15) is 0 Å². The zero-order chi connectivity index (χ0) is 16.2. The largest absolute Gasteiger partial charge is 0.383 e. The molecular weight excluding hydrogens is 283 g/mol. The lowest BCUT2D eigenvalue weighted by Crippen LogP contribution is -2.42. The van der Waals surface area contributed by atoms with Crippen molar-refractivity contribution in [3.8, 4) is 0 Å². The maximum Gasteiger partial charge on any atom is 0.191 e. The van der Waals surface area contributed by atoms with E-state index in [0.29, 0.717) is 6.54 Å². The van der Waals surface area contributed by atoms with Crippen molar-refractivity contribution in [2.75, 3.05) is 54.0 Å². The molecule has 1 rings (SSSR count). The van der Waals surface area contributed by atoms with Crippen molar-refractivity contribution < 1.29 is 9.13 Å². The van der Waals surface area contributed by atoms with Crippen molar-refractivity contribution in [2.24, 2.45) is 4.99 Å². The summed E-state index contributed by atoms with van der Waals surface area (Å²) in [6, 6.07) is 6.67. The molecule has 0 heterocycles. The first-order chi connectivity index (χ1) is 10.7. The number of nitrogens with one attached hydrogen (secondary N) is 2. The summed E-state index contributed by atoms with van der Waals surface area (Å²) in [7, 11) is 5.50. The summed E-state index contributed by atoms with van der Waals surface area (Å²) in [6.07, 6.45) is 0.756. The number of rotatable bonds is 9. The van der Waals surface area contributed by atoms with Gasteiger partial charge in [0.1, 0.15) is 5.82 Å². The van der Waals surface area contributed by atoms with Crippen molar-refractivity contribution in [3.05, 3.63) is 35.6 Å². The molecule has 0 radical (unpaired) electrons. The molecule has 0 atom stereocenters. The van der Waals surface area contributed by atoms with Crippen LogP contribution in [0.4, 0.5) is 4.39 Å². The summed E-state index contributed by atoms with van der Waals surface area (Å²) in [6.45, 7) is 4.07. The minimum Gasteiger partial charge on any atom is -0.383 e. The zero-order valence-electron chi connectivity index (χ0n) is 13.7. The standard InChI is InChI=1S/C16H27FN4O/c1-18-16(20-9-10-21(2)11-12-22-3)19-8-7-14-5-4-6-15(17)13-14/h4-6,13H,7-12H2,1-3H3,(H2,18,19,20). The van der Waals surface area contributed by atoms with Crippen LogP contribution in [0.2, 0.25) is 0 Å². The molecule has 0 saturated heterocycles. The normalized spacial score (nSPS) is 11.8. The van der Waals surface area contributed by atoms with Gasteiger partial charge in [-0.05, 0) is 31.2 Å². The Bertz CT molecular complexity index is 454. The second-order valence-electron chi connectivity index (χ2n) is 5.10. The molecule has 0 aromatic heterocycles. The van der Waals surface area contributed by atoms with E-state index in [1.165, 1.54) is 6.07 Å². The Balaban J connectivity index is 2.20. The lowest BCUT2D eigenvalue weighted by Gasteiger charge is -2.17. The fourth-order valence-corrected chi connectivity index (χ4v) is 1.96. The van der Waals surface area contributed by atoms with Gasteiger partial charge in [0.2, 0.25) is 0 Å². The highest BCUT2D eigenvalue weighted by Gasteiger charge is 2.01. The van der Waals surface area contributed by atoms with Gasteiger partial charge in [-0.3, -0.25) is 4.99 Å². The summed E-state index contributed by atoms with van der Waals surface area (Å²) in [5.41, 5.74) is 0.974. The number of methoxy groups -OCH3 is 1. The second-order valence-corrected chi connectivity index (χ2v) is 5.10. The number of guanidine groups is 1. The average Bonchev–Trinajstić information content (AvgIpc) is 2.51. The molecule has 1 aromatic rings. The van der Waals surface area contributed by atoms with Crippen molar-refractivity contribution in [3.63, 3.8) is 0 Å². The van der Waals surface area contributed by atoms with Crippen LogP contribution < -0.4 is 10.6 Å². The molecule has 0 aliphatic rings. The van der Waals surface area contributed by atoms with Crippen LogP contribution in [-0.4, -0.2) is 64.9 Å². The highest BCUT2D eigenvalue weighted by Crippen LogP contribution is 2.03. The quantitative estimate of drug-likeness (QED) is 0.530. The van der Waals surface area contributed by atoms with Crippen LogP contribution in [-0.2, 0) is 11.2 Å². The summed E-state index contributed by atoms with van der Waals surface area (Å²) >= 11 is 0. The summed E-state index contributed by atoms with van der Waals surface area (Å²) < 4.78 is 18.1. The molecule has 1 aromatic carbocycles. The smallest absolute Gasteiger partial charge is 0.191 e. The summed E-state index contributed by atoms with van der Waals surface area (Å²) in [4.78, 5) is 6.36. The number of benzene rings is 1. The van der Waals surface area contributed by atoms with Crippen molar-refractivity contribution in [2.45, 2.75) is 6.42 Å². The molecule has 2 N–H and O–H groups in total. The van der Waals surface area contributed by atoms with E-state index in [9.17, 15) is 4.39 Å². The van der Waals surface area contributed by atoms with E-state index < -0.39 is 0 Å². The van der Waals surface area contributed by atoms with E-state index in [1.807, 2.05) is 6.07 Å². The lowest BCUT2D eigenvalue weighted by molar-refractivity contribution is 0.162. The van der Waals surface area contributed by atoms with E-state index in [2.05, 4.69) is 27.6 Å². The molecule has 0 unspecified atom stereocenters. The van der Waals surface area contributed by atoms with Gasteiger partial charge in [-0.25, -0.2) is 4.39 Å². The number of halogens is 1. The fraction of sp³-hybridized carbons (Fsp3) is 0.562. The summed E-state index contributed by atoms with van der Waals surface area (Å²) in [5.74, 6) is 0.565. The van der Waals surface area contributed by atoms with Gasteiger partial charge in [0.05, 0.1) is 6.61 Å². The third kappa shape index (κ3) is 7.95. The first-order valence-corrected chi connectivity index (χ1v) is 7.52. The minimum atomic E-state index is -0.195.